The van der Waals surface area contributed by atoms with E-state index in [4.69, 9.17) is 0 Å². The first-order valence-electron chi connectivity index (χ1n) is 8.93. The van der Waals surface area contributed by atoms with Crippen molar-refractivity contribution in [1.29, 1.82) is 0 Å². The number of amides is 1. The van der Waals surface area contributed by atoms with Crippen molar-refractivity contribution in [1.82, 2.24) is 15.5 Å². The minimum absolute atomic E-state index is 0.398. The lowest BCUT2D eigenvalue weighted by atomic mass is 9.83. The van der Waals surface area contributed by atoms with Gasteiger partial charge >= 0.3 is 0 Å². The van der Waals surface area contributed by atoms with Crippen molar-refractivity contribution in [3.05, 3.63) is 0 Å². The number of piperidine rings is 2. The summed E-state index contributed by atoms with van der Waals surface area (Å²) < 4.78 is 0. The minimum Gasteiger partial charge on any atom is -0.340 e. The van der Waals surface area contributed by atoms with E-state index in [9.17, 15) is 4.79 Å². The average molecular weight is 295 g/mol. The van der Waals surface area contributed by atoms with E-state index in [2.05, 4.69) is 29.4 Å². The zero-order chi connectivity index (χ0) is 15.1. The maximum absolute atomic E-state index is 12.8. The Balaban J connectivity index is 1.87. The Kier molecular flexibility index (Phi) is 6.97. The van der Waals surface area contributed by atoms with E-state index < -0.39 is 0 Å². The maximum Gasteiger partial charge on any atom is 0.223 e. The van der Waals surface area contributed by atoms with Gasteiger partial charge in [-0.25, -0.2) is 0 Å². The Labute approximate surface area is 130 Å². The molecule has 0 bridgehead atoms. The van der Waals surface area contributed by atoms with Gasteiger partial charge in [-0.2, -0.15) is 0 Å². The van der Waals surface area contributed by atoms with Gasteiger partial charge < -0.3 is 15.5 Å². The molecule has 0 saturated carbocycles. The molecule has 2 heterocycles. The lowest BCUT2D eigenvalue weighted by Crippen LogP contribution is -2.47. The van der Waals surface area contributed by atoms with Gasteiger partial charge in [0.05, 0.1) is 0 Å². The van der Waals surface area contributed by atoms with Gasteiger partial charge in [0.25, 0.3) is 0 Å². The molecule has 2 rings (SSSR count). The van der Waals surface area contributed by atoms with Crippen LogP contribution in [0.1, 0.15) is 52.4 Å². The third-order valence-electron chi connectivity index (χ3n) is 5.22. The van der Waals surface area contributed by atoms with Crippen molar-refractivity contribution in [3.8, 4) is 0 Å². The van der Waals surface area contributed by atoms with Gasteiger partial charge in [-0.1, -0.05) is 13.8 Å². The van der Waals surface area contributed by atoms with Crippen LogP contribution in [0.15, 0.2) is 0 Å². The summed E-state index contributed by atoms with van der Waals surface area (Å²) in [6.07, 6.45) is 6.51. The van der Waals surface area contributed by atoms with Crippen molar-refractivity contribution in [2.45, 2.75) is 58.4 Å². The molecule has 2 aliphatic rings. The fraction of sp³-hybridized carbons (Fsp3) is 0.941. The average Bonchev–Trinajstić information content (AvgIpc) is 2.54. The smallest absolute Gasteiger partial charge is 0.223 e. The van der Waals surface area contributed by atoms with Crippen LogP contribution >= 0.6 is 0 Å². The van der Waals surface area contributed by atoms with E-state index in [1.807, 2.05) is 0 Å². The summed E-state index contributed by atoms with van der Waals surface area (Å²) in [5.41, 5.74) is 0. The molecule has 2 fully saturated rings. The van der Waals surface area contributed by atoms with Crippen LogP contribution in [0.2, 0.25) is 0 Å². The zero-order valence-corrected chi connectivity index (χ0v) is 13.9. The largest absolute Gasteiger partial charge is 0.340 e. The maximum atomic E-state index is 12.8. The Morgan fingerprint density at radius 2 is 1.67 bits per heavy atom. The second-order valence-corrected chi connectivity index (χ2v) is 6.84. The highest BCUT2D eigenvalue weighted by atomic mass is 16.2. The number of carbonyl (C=O) groups excluding carboxylic acids is 1. The third-order valence-corrected chi connectivity index (χ3v) is 5.22. The summed E-state index contributed by atoms with van der Waals surface area (Å²) in [6.45, 7) is 9.75. The quantitative estimate of drug-likeness (QED) is 0.788. The normalized spacial score (nSPS) is 23.0. The van der Waals surface area contributed by atoms with E-state index >= 15 is 0 Å². The molecular weight excluding hydrogens is 262 g/mol. The number of hydrogen-bond donors (Lipinski definition) is 2. The van der Waals surface area contributed by atoms with E-state index in [1.54, 1.807) is 0 Å². The molecule has 1 unspecified atom stereocenters. The lowest BCUT2D eigenvalue weighted by Gasteiger charge is -2.36. The molecule has 0 aromatic rings. The van der Waals surface area contributed by atoms with Gasteiger partial charge in [0.15, 0.2) is 0 Å². The standard InChI is InChI=1S/C17H33N3O/c1-3-12-20(16-6-10-19-11-7-16)17(21)13-14(2)15-4-8-18-9-5-15/h14-16,18-19H,3-13H2,1-2H3. The van der Waals surface area contributed by atoms with Crippen LogP contribution in [0.5, 0.6) is 0 Å². The van der Waals surface area contributed by atoms with Crippen LogP contribution in [-0.2, 0) is 4.79 Å². The molecule has 1 amide bonds. The van der Waals surface area contributed by atoms with Crippen LogP contribution in [0.4, 0.5) is 0 Å². The highest BCUT2D eigenvalue weighted by molar-refractivity contribution is 5.76. The van der Waals surface area contributed by atoms with E-state index in [1.165, 1.54) is 12.8 Å². The van der Waals surface area contributed by atoms with Crippen LogP contribution in [0.25, 0.3) is 0 Å². The number of nitrogens with one attached hydrogen (secondary N) is 2. The predicted molar refractivity (Wildman–Crippen MR) is 87.3 cm³/mol. The Morgan fingerprint density at radius 3 is 2.24 bits per heavy atom. The molecule has 4 heteroatoms. The first-order valence-corrected chi connectivity index (χ1v) is 8.93. The zero-order valence-electron chi connectivity index (χ0n) is 13.9. The Hall–Kier alpha value is -0.610. The summed E-state index contributed by atoms with van der Waals surface area (Å²) in [5, 5.41) is 6.81. The summed E-state index contributed by atoms with van der Waals surface area (Å²) in [4.78, 5) is 15.0. The molecule has 21 heavy (non-hydrogen) atoms. The summed E-state index contributed by atoms with van der Waals surface area (Å²) in [6, 6.07) is 0.471. The molecule has 0 aromatic carbocycles. The molecule has 122 valence electrons. The summed E-state index contributed by atoms with van der Waals surface area (Å²) in [7, 11) is 0. The molecule has 2 saturated heterocycles. The van der Waals surface area contributed by atoms with Gasteiger partial charge in [0.2, 0.25) is 5.91 Å². The summed E-state index contributed by atoms with van der Waals surface area (Å²) in [5.74, 6) is 1.65. The van der Waals surface area contributed by atoms with Crippen molar-refractivity contribution in [2.24, 2.45) is 11.8 Å². The molecule has 2 aliphatic heterocycles. The molecule has 4 nitrogen and oxygen atoms in total. The SMILES string of the molecule is CCCN(C(=O)CC(C)C1CCNCC1)C1CCNCC1. The summed E-state index contributed by atoms with van der Waals surface area (Å²) >= 11 is 0. The number of rotatable bonds is 6. The third kappa shape index (κ3) is 4.96. The first-order chi connectivity index (χ1) is 10.2. The fourth-order valence-corrected chi connectivity index (χ4v) is 3.84. The first kappa shape index (κ1) is 16.8. The van der Waals surface area contributed by atoms with Crippen molar-refractivity contribution in [2.75, 3.05) is 32.7 Å². The molecule has 2 N–H and O–H groups in total. The number of carbonyl (C=O) groups is 1. The van der Waals surface area contributed by atoms with Gasteiger partial charge in [0.1, 0.15) is 0 Å². The van der Waals surface area contributed by atoms with Crippen LogP contribution in [-0.4, -0.2) is 49.6 Å². The number of hydrogen-bond acceptors (Lipinski definition) is 3. The van der Waals surface area contributed by atoms with Gasteiger partial charge in [-0.05, 0) is 70.1 Å². The van der Waals surface area contributed by atoms with E-state index in [0.717, 1.165) is 64.3 Å². The number of nitrogens with zero attached hydrogens (tertiary/aromatic N) is 1. The molecule has 0 radical (unpaired) electrons. The monoisotopic (exact) mass is 295 g/mol. The highest BCUT2D eigenvalue weighted by Crippen LogP contribution is 2.26. The molecule has 0 aromatic heterocycles. The van der Waals surface area contributed by atoms with Gasteiger partial charge in [-0.3, -0.25) is 4.79 Å². The fourth-order valence-electron chi connectivity index (χ4n) is 3.84. The Morgan fingerprint density at radius 1 is 1.10 bits per heavy atom. The van der Waals surface area contributed by atoms with Crippen molar-refractivity contribution in [3.63, 3.8) is 0 Å². The Bertz CT molecular complexity index is 309. The predicted octanol–water partition coefficient (Wildman–Crippen LogP) is 2.00. The van der Waals surface area contributed by atoms with Crippen LogP contribution in [0, 0.1) is 11.8 Å². The second-order valence-electron chi connectivity index (χ2n) is 6.84. The van der Waals surface area contributed by atoms with Gasteiger partial charge in [0, 0.05) is 19.0 Å². The molecule has 1 atom stereocenters. The highest BCUT2D eigenvalue weighted by Gasteiger charge is 2.28. The topological polar surface area (TPSA) is 44.4 Å². The van der Waals surface area contributed by atoms with Crippen molar-refractivity contribution >= 4 is 5.91 Å². The van der Waals surface area contributed by atoms with Crippen molar-refractivity contribution < 1.29 is 4.79 Å². The second kappa shape index (κ2) is 8.74. The van der Waals surface area contributed by atoms with Crippen LogP contribution in [0.3, 0.4) is 0 Å². The van der Waals surface area contributed by atoms with E-state index in [-0.39, 0.29) is 0 Å². The van der Waals surface area contributed by atoms with Gasteiger partial charge in [-0.15, -0.1) is 0 Å². The lowest BCUT2D eigenvalue weighted by molar-refractivity contribution is -0.135. The van der Waals surface area contributed by atoms with Crippen LogP contribution < -0.4 is 10.6 Å². The van der Waals surface area contributed by atoms with E-state index in [0.29, 0.717) is 17.9 Å². The molecule has 0 spiro atoms. The molecule has 0 aliphatic carbocycles. The molecular formula is C17H33N3O. The minimum atomic E-state index is 0.398.